The average Bonchev–Trinajstić information content (AvgIpc) is 2.53. The number of hydrogen-bond acceptors (Lipinski definition) is 2. The lowest BCUT2D eigenvalue weighted by Gasteiger charge is -2.17. The third-order valence-electron chi connectivity index (χ3n) is 3.56. The molecule has 0 aliphatic carbocycles. The van der Waals surface area contributed by atoms with Crippen molar-refractivity contribution < 1.29 is 22.4 Å². The molecule has 2 rings (SSSR count). The van der Waals surface area contributed by atoms with Crippen LogP contribution in [0.5, 0.6) is 0 Å². The van der Waals surface area contributed by atoms with E-state index in [2.05, 4.69) is 5.32 Å². The summed E-state index contributed by atoms with van der Waals surface area (Å²) in [6.45, 7) is 0.841. The van der Waals surface area contributed by atoms with Gasteiger partial charge >= 0.3 is 6.18 Å². The molecule has 1 amide bonds. The van der Waals surface area contributed by atoms with Gasteiger partial charge in [-0.2, -0.15) is 13.2 Å². The number of nitrogens with one attached hydrogen (secondary N) is 1. The van der Waals surface area contributed by atoms with Crippen LogP contribution in [0.3, 0.4) is 0 Å². The van der Waals surface area contributed by atoms with Crippen LogP contribution >= 0.6 is 0 Å². The summed E-state index contributed by atoms with van der Waals surface area (Å²) in [5.74, 6) is -0.693. The molecule has 0 bridgehead atoms. The van der Waals surface area contributed by atoms with Gasteiger partial charge in [-0.05, 0) is 42.9 Å². The van der Waals surface area contributed by atoms with Crippen LogP contribution in [0.4, 0.5) is 23.2 Å². The molecule has 2 aromatic carbocycles. The number of amides is 1. The number of carbonyl (C=O) groups excluding carboxylic acids is 1. The van der Waals surface area contributed by atoms with E-state index in [4.69, 9.17) is 0 Å². The third-order valence-corrected chi connectivity index (χ3v) is 3.56. The molecule has 7 heteroatoms. The molecular weight excluding hydrogens is 336 g/mol. The smallest absolute Gasteiger partial charge is 0.326 e. The number of hydrogen-bond donors (Lipinski definition) is 1. The topological polar surface area (TPSA) is 32.3 Å². The van der Waals surface area contributed by atoms with E-state index < -0.39 is 17.6 Å². The fraction of sp³-hybridized carbons (Fsp3) is 0.278. The van der Waals surface area contributed by atoms with Gasteiger partial charge in [0.15, 0.2) is 0 Å². The van der Waals surface area contributed by atoms with Gasteiger partial charge in [-0.1, -0.05) is 18.2 Å². The predicted octanol–water partition coefficient (Wildman–Crippen LogP) is 4.31. The highest BCUT2D eigenvalue weighted by molar-refractivity contribution is 5.90. The van der Waals surface area contributed by atoms with Crippen LogP contribution in [0.2, 0.25) is 0 Å². The van der Waals surface area contributed by atoms with E-state index >= 15 is 0 Å². The van der Waals surface area contributed by atoms with Crippen LogP contribution in [0, 0.1) is 5.82 Å². The molecule has 2 aromatic rings. The molecule has 0 atom stereocenters. The highest BCUT2D eigenvalue weighted by Crippen LogP contribution is 2.29. The van der Waals surface area contributed by atoms with Gasteiger partial charge in [-0.25, -0.2) is 4.39 Å². The molecule has 134 valence electrons. The number of carbonyl (C=O) groups is 1. The molecule has 0 unspecified atom stereocenters. The molecule has 0 radical (unpaired) electrons. The Kier molecular flexibility index (Phi) is 6.14. The second-order valence-corrected chi connectivity index (χ2v) is 5.74. The first kappa shape index (κ1) is 18.9. The fourth-order valence-electron chi connectivity index (χ4n) is 2.27. The van der Waals surface area contributed by atoms with Crippen molar-refractivity contribution in [3.05, 3.63) is 65.5 Å². The SMILES string of the molecule is CN(CCC(=O)Nc1cccc(F)c1)Cc1ccc(C(F)(F)F)cc1. The van der Waals surface area contributed by atoms with Crippen molar-refractivity contribution in [1.82, 2.24) is 4.90 Å². The van der Waals surface area contributed by atoms with Crippen molar-refractivity contribution in [1.29, 1.82) is 0 Å². The zero-order valence-corrected chi connectivity index (χ0v) is 13.6. The molecule has 0 aromatic heterocycles. The molecule has 0 aliphatic rings. The van der Waals surface area contributed by atoms with Gasteiger partial charge in [-0.15, -0.1) is 0 Å². The number of alkyl halides is 3. The first-order valence-electron chi connectivity index (χ1n) is 7.64. The van der Waals surface area contributed by atoms with E-state index in [1.807, 2.05) is 4.90 Å². The maximum absolute atomic E-state index is 13.0. The van der Waals surface area contributed by atoms with Gasteiger partial charge in [0.25, 0.3) is 0 Å². The Bertz CT molecular complexity index is 714. The zero-order valence-electron chi connectivity index (χ0n) is 13.6. The maximum Gasteiger partial charge on any atom is 0.416 e. The summed E-state index contributed by atoms with van der Waals surface area (Å²) in [5.41, 5.74) is 0.421. The Labute approximate surface area is 143 Å². The Morgan fingerprint density at radius 3 is 2.40 bits per heavy atom. The van der Waals surface area contributed by atoms with Crippen molar-refractivity contribution in [3.63, 3.8) is 0 Å². The Balaban J connectivity index is 1.80. The second-order valence-electron chi connectivity index (χ2n) is 5.74. The van der Waals surface area contributed by atoms with E-state index in [9.17, 15) is 22.4 Å². The minimum absolute atomic E-state index is 0.188. The van der Waals surface area contributed by atoms with E-state index in [-0.39, 0.29) is 12.3 Å². The molecule has 0 saturated heterocycles. The molecule has 3 nitrogen and oxygen atoms in total. The first-order valence-corrected chi connectivity index (χ1v) is 7.64. The molecule has 0 heterocycles. The van der Waals surface area contributed by atoms with Gasteiger partial charge in [0.1, 0.15) is 5.82 Å². The number of halogens is 4. The summed E-state index contributed by atoms with van der Waals surface area (Å²) < 4.78 is 50.6. The van der Waals surface area contributed by atoms with Crippen molar-refractivity contribution in [3.8, 4) is 0 Å². The van der Waals surface area contributed by atoms with Crippen LogP contribution in [0.1, 0.15) is 17.5 Å². The lowest BCUT2D eigenvalue weighted by Crippen LogP contribution is -2.24. The second kappa shape index (κ2) is 8.11. The monoisotopic (exact) mass is 354 g/mol. The minimum atomic E-state index is -4.35. The normalized spacial score (nSPS) is 11.6. The number of benzene rings is 2. The summed E-state index contributed by atoms with van der Waals surface area (Å²) in [6, 6.07) is 10.5. The van der Waals surface area contributed by atoms with Crippen molar-refractivity contribution in [2.75, 3.05) is 18.9 Å². The lowest BCUT2D eigenvalue weighted by molar-refractivity contribution is -0.137. The first-order chi connectivity index (χ1) is 11.7. The van der Waals surface area contributed by atoms with Crippen LogP contribution in [-0.2, 0) is 17.5 Å². The lowest BCUT2D eigenvalue weighted by atomic mass is 10.1. The van der Waals surface area contributed by atoms with Gasteiger partial charge in [0.2, 0.25) is 5.91 Å². The van der Waals surface area contributed by atoms with Crippen molar-refractivity contribution >= 4 is 11.6 Å². The summed E-state index contributed by atoms with van der Waals surface area (Å²) in [6.07, 6.45) is -4.16. The third kappa shape index (κ3) is 6.19. The van der Waals surface area contributed by atoms with Crippen LogP contribution in [-0.4, -0.2) is 24.4 Å². The minimum Gasteiger partial charge on any atom is -0.326 e. The zero-order chi connectivity index (χ0) is 18.4. The summed E-state index contributed by atoms with van der Waals surface area (Å²) in [4.78, 5) is 13.7. The van der Waals surface area contributed by atoms with Crippen LogP contribution in [0.15, 0.2) is 48.5 Å². The molecular formula is C18H18F4N2O. The van der Waals surface area contributed by atoms with E-state index in [1.165, 1.54) is 30.3 Å². The quantitative estimate of drug-likeness (QED) is 0.784. The average molecular weight is 354 g/mol. The Morgan fingerprint density at radius 1 is 1.12 bits per heavy atom. The van der Waals surface area contributed by atoms with E-state index in [1.54, 1.807) is 13.1 Å². The number of anilines is 1. The summed E-state index contributed by atoms with van der Waals surface area (Å²) in [5, 5.41) is 2.60. The Hall–Kier alpha value is -2.41. The van der Waals surface area contributed by atoms with Crippen molar-refractivity contribution in [2.24, 2.45) is 0 Å². The fourth-order valence-corrected chi connectivity index (χ4v) is 2.27. The van der Waals surface area contributed by atoms with E-state index in [0.29, 0.717) is 18.8 Å². The van der Waals surface area contributed by atoms with Gasteiger partial charge in [0.05, 0.1) is 5.56 Å². The van der Waals surface area contributed by atoms with Gasteiger partial charge < -0.3 is 10.2 Å². The number of rotatable bonds is 6. The summed E-state index contributed by atoms with van der Waals surface area (Å²) in [7, 11) is 1.77. The van der Waals surface area contributed by atoms with Gasteiger partial charge in [-0.3, -0.25) is 4.79 Å². The molecule has 25 heavy (non-hydrogen) atoms. The van der Waals surface area contributed by atoms with Crippen LogP contribution in [0.25, 0.3) is 0 Å². The van der Waals surface area contributed by atoms with Crippen molar-refractivity contribution in [2.45, 2.75) is 19.1 Å². The highest BCUT2D eigenvalue weighted by atomic mass is 19.4. The standard InChI is InChI=1S/C18H18F4N2O/c1-24(12-13-5-7-14(8-6-13)18(20,21)22)10-9-17(25)23-16-4-2-3-15(19)11-16/h2-8,11H,9-10,12H2,1H3,(H,23,25). The Morgan fingerprint density at radius 2 is 1.80 bits per heavy atom. The molecule has 0 aliphatic heterocycles. The molecule has 0 fully saturated rings. The largest absolute Gasteiger partial charge is 0.416 e. The molecule has 1 N–H and O–H groups in total. The number of nitrogens with zero attached hydrogens (tertiary/aromatic N) is 1. The highest BCUT2D eigenvalue weighted by Gasteiger charge is 2.29. The van der Waals surface area contributed by atoms with Gasteiger partial charge in [0, 0.05) is 25.2 Å². The maximum atomic E-state index is 13.0. The summed E-state index contributed by atoms with van der Waals surface area (Å²) >= 11 is 0. The predicted molar refractivity (Wildman–Crippen MR) is 87.4 cm³/mol. The van der Waals surface area contributed by atoms with Crippen LogP contribution < -0.4 is 5.32 Å². The molecule has 0 saturated carbocycles. The van der Waals surface area contributed by atoms with E-state index in [0.717, 1.165) is 17.7 Å². The molecule has 0 spiro atoms.